The van der Waals surface area contributed by atoms with Crippen molar-refractivity contribution in [2.24, 2.45) is 0 Å². The maximum Gasteiger partial charge on any atom is 0.144 e. The van der Waals surface area contributed by atoms with Gasteiger partial charge in [-0.1, -0.05) is 46.8 Å². The van der Waals surface area contributed by atoms with Gasteiger partial charge < -0.3 is 4.42 Å². The van der Waals surface area contributed by atoms with Gasteiger partial charge in [-0.05, 0) is 48.1 Å². The zero-order chi connectivity index (χ0) is 24.6. The van der Waals surface area contributed by atoms with E-state index in [9.17, 15) is 0 Å². The summed E-state index contributed by atoms with van der Waals surface area (Å²) in [6, 6.07) is 11.6. The second kappa shape index (κ2) is 6.64. The fourth-order valence-corrected chi connectivity index (χ4v) is 4.98. The van der Waals surface area contributed by atoms with Crippen LogP contribution in [0.4, 0.5) is 0 Å². The summed E-state index contributed by atoms with van der Waals surface area (Å²) in [5.41, 5.74) is 4.27. The van der Waals surface area contributed by atoms with Crippen LogP contribution in [0.1, 0.15) is 62.1 Å². The van der Waals surface area contributed by atoms with Gasteiger partial charge in [-0.25, -0.2) is 4.98 Å². The summed E-state index contributed by atoms with van der Waals surface area (Å²) < 4.78 is 39.6. The minimum atomic E-state index is -2.34. The van der Waals surface area contributed by atoms with Crippen LogP contribution < -0.4 is 0 Å². The van der Waals surface area contributed by atoms with E-state index in [1.165, 1.54) is 6.20 Å². The molecule has 0 radical (unpaired) electrons. The first-order valence-electron chi connectivity index (χ1n) is 12.0. The Balaban J connectivity index is 1.78. The highest BCUT2D eigenvalue weighted by atomic mass is 32.1. The molecule has 5 aromatic rings. The van der Waals surface area contributed by atoms with Crippen LogP contribution in [0.25, 0.3) is 43.4 Å². The molecule has 30 heavy (non-hydrogen) atoms. The van der Waals surface area contributed by atoms with Crippen molar-refractivity contribution < 1.29 is 9.90 Å². The molecule has 0 fully saturated rings. The standard InChI is InChI=1S/C26H26N2OS/c1-14(2)18-12-20(27-13-15(18)3)16-8-7-9-17-22-21(29-23(16)17)11-10-19-24(22)30-25(28-19)26(4,5)6/h7-14H,1-6H3/i3D3,14D. The Morgan fingerprint density at radius 3 is 2.73 bits per heavy atom. The van der Waals surface area contributed by atoms with E-state index in [0.29, 0.717) is 16.8 Å². The van der Waals surface area contributed by atoms with Crippen LogP contribution in [0.3, 0.4) is 0 Å². The van der Waals surface area contributed by atoms with Gasteiger partial charge >= 0.3 is 0 Å². The molecule has 0 saturated carbocycles. The summed E-state index contributed by atoms with van der Waals surface area (Å²) in [7, 11) is 0. The molecule has 3 aromatic heterocycles. The fraction of sp³-hybridized carbons (Fsp3) is 0.308. The molecule has 4 heteroatoms. The van der Waals surface area contributed by atoms with Crippen LogP contribution >= 0.6 is 11.3 Å². The van der Waals surface area contributed by atoms with Crippen LogP contribution in [0, 0.1) is 6.85 Å². The van der Waals surface area contributed by atoms with Gasteiger partial charge in [-0.2, -0.15) is 0 Å². The number of benzene rings is 2. The lowest BCUT2D eigenvalue weighted by Crippen LogP contribution is -2.09. The predicted octanol–water partition coefficient (Wildman–Crippen LogP) is 7.99. The molecule has 3 nitrogen and oxygen atoms in total. The summed E-state index contributed by atoms with van der Waals surface area (Å²) in [5.74, 6) is -1.10. The van der Waals surface area contributed by atoms with Crippen molar-refractivity contribution in [3.05, 3.63) is 58.7 Å². The molecule has 0 N–H and O–H groups in total. The van der Waals surface area contributed by atoms with Crippen molar-refractivity contribution >= 4 is 43.5 Å². The number of fused-ring (bicyclic) bond motifs is 5. The van der Waals surface area contributed by atoms with Gasteiger partial charge in [0.25, 0.3) is 0 Å². The van der Waals surface area contributed by atoms with E-state index in [-0.39, 0.29) is 11.0 Å². The zero-order valence-corrected chi connectivity index (χ0v) is 18.6. The number of thiazole rings is 1. The summed E-state index contributed by atoms with van der Waals surface area (Å²) in [4.78, 5) is 9.36. The smallest absolute Gasteiger partial charge is 0.144 e. The maximum atomic E-state index is 8.54. The van der Waals surface area contributed by atoms with Gasteiger partial charge in [-0.15, -0.1) is 11.3 Å². The Kier molecular flexibility index (Phi) is 3.35. The lowest BCUT2D eigenvalue weighted by Gasteiger charge is -2.13. The Hall–Kier alpha value is -2.72. The summed E-state index contributed by atoms with van der Waals surface area (Å²) >= 11 is 1.69. The van der Waals surface area contributed by atoms with Crippen molar-refractivity contribution in [1.29, 1.82) is 0 Å². The number of furan rings is 1. The second-order valence-electron chi connectivity index (χ2n) is 8.96. The van der Waals surface area contributed by atoms with Gasteiger partial charge in [0, 0.05) is 33.4 Å². The SMILES string of the molecule is [2H]C([2H])([2H])c1cnc(-c2cccc3c2oc2ccc4nc(C(C)(C)C)sc4c23)cc1C([2H])(C)C. The fourth-order valence-electron chi connectivity index (χ4n) is 3.81. The molecular weight excluding hydrogens is 388 g/mol. The minimum absolute atomic E-state index is 0.0470. The van der Waals surface area contributed by atoms with Crippen molar-refractivity contribution in [2.45, 2.75) is 52.8 Å². The molecule has 0 saturated heterocycles. The Morgan fingerprint density at radius 1 is 1.17 bits per heavy atom. The molecule has 0 spiro atoms. The van der Waals surface area contributed by atoms with Crippen molar-refractivity contribution in [3.63, 3.8) is 0 Å². The number of aryl methyl sites for hydroxylation is 1. The molecule has 3 heterocycles. The highest BCUT2D eigenvalue weighted by Gasteiger charge is 2.22. The van der Waals surface area contributed by atoms with Gasteiger partial charge in [0.15, 0.2) is 0 Å². The van der Waals surface area contributed by atoms with Gasteiger partial charge in [0.05, 0.1) is 20.9 Å². The monoisotopic (exact) mass is 418 g/mol. The molecule has 2 aromatic carbocycles. The van der Waals surface area contributed by atoms with Crippen molar-refractivity contribution in [3.8, 4) is 11.3 Å². The third-order valence-electron chi connectivity index (χ3n) is 5.38. The van der Waals surface area contributed by atoms with Crippen LogP contribution in [-0.4, -0.2) is 9.97 Å². The Labute approximate surface area is 186 Å². The van der Waals surface area contributed by atoms with Crippen LogP contribution in [0.15, 0.2) is 47.0 Å². The van der Waals surface area contributed by atoms with E-state index in [2.05, 4.69) is 25.8 Å². The van der Waals surface area contributed by atoms with E-state index in [1.54, 1.807) is 31.3 Å². The number of hydrogen-bond donors (Lipinski definition) is 0. The predicted molar refractivity (Wildman–Crippen MR) is 128 cm³/mol. The molecule has 0 amide bonds. The first-order valence-corrected chi connectivity index (χ1v) is 10.8. The number of para-hydroxylation sites is 1. The third-order valence-corrected chi connectivity index (χ3v) is 6.89. The van der Waals surface area contributed by atoms with Gasteiger partial charge in [0.1, 0.15) is 11.2 Å². The number of aromatic nitrogens is 2. The van der Waals surface area contributed by atoms with Crippen molar-refractivity contribution in [1.82, 2.24) is 9.97 Å². The van der Waals surface area contributed by atoms with Crippen LogP contribution in [-0.2, 0) is 5.41 Å². The maximum absolute atomic E-state index is 8.54. The Bertz CT molecular complexity index is 1570. The molecule has 0 aliphatic heterocycles. The van der Waals surface area contributed by atoms with E-state index in [0.717, 1.165) is 37.1 Å². The summed E-state index contributed by atoms with van der Waals surface area (Å²) in [5, 5.41) is 3.07. The molecule has 0 bridgehead atoms. The largest absolute Gasteiger partial charge is 0.455 e. The molecule has 5 rings (SSSR count). The molecule has 0 unspecified atom stereocenters. The van der Waals surface area contributed by atoms with E-state index in [4.69, 9.17) is 14.9 Å². The van der Waals surface area contributed by atoms with Gasteiger partial charge in [-0.3, -0.25) is 4.98 Å². The highest BCUT2D eigenvalue weighted by molar-refractivity contribution is 7.19. The van der Waals surface area contributed by atoms with Gasteiger partial charge in [0.2, 0.25) is 0 Å². The molecule has 0 aliphatic carbocycles. The average molecular weight is 419 g/mol. The van der Waals surface area contributed by atoms with Crippen LogP contribution in [0.2, 0.25) is 0 Å². The number of hydrogen-bond acceptors (Lipinski definition) is 4. The van der Waals surface area contributed by atoms with E-state index in [1.807, 2.05) is 30.3 Å². The lowest BCUT2D eigenvalue weighted by atomic mass is 9.97. The topological polar surface area (TPSA) is 38.9 Å². The zero-order valence-electron chi connectivity index (χ0n) is 21.8. The van der Waals surface area contributed by atoms with Crippen LogP contribution in [0.5, 0.6) is 0 Å². The number of rotatable bonds is 2. The quantitative estimate of drug-likeness (QED) is 0.291. The lowest BCUT2D eigenvalue weighted by molar-refractivity contribution is 0.587. The molecular formula is C26H26N2OS. The van der Waals surface area contributed by atoms with Crippen molar-refractivity contribution in [2.75, 3.05) is 0 Å². The second-order valence-corrected chi connectivity index (χ2v) is 9.95. The van der Waals surface area contributed by atoms with E-state index >= 15 is 0 Å². The molecule has 0 aliphatic rings. The summed E-state index contributed by atoms with van der Waals surface area (Å²) in [6.45, 7) is 7.52. The number of nitrogens with zero attached hydrogens (tertiary/aromatic N) is 2. The average Bonchev–Trinajstić information content (AvgIpc) is 3.32. The third kappa shape index (κ3) is 2.93. The molecule has 0 atom stereocenters. The number of pyridine rings is 1. The van der Waals surface area contributed by atoms with E-state index < -0.39 is 12.7 Å². The first kappa shape index (κ1) is 15.1. The first-order chi connectivity index (χ1) is 15.7. The normalized spacial score (nSPS) is 15.4. The molecule has 152 valence electrons. The minimum Gasteiger partial charge on any atom is -0.455 e. The summed E-state index contributed by atoms with van der Waals surface area (Å²) in [6.07, 6.45) is 1.38. The Morgan fingerprint density at radius 2 is 2.00 bits per heavy atom. The highest BCUT2D eigenvalue weighted by Crippen LogP contribution is 2.42.